The van der Waals surface area contributed by atoms with Gasteiger partial charge in [-0.1, -0.05) is 60.7 Å². The zero-order chi connectivity index (χ0) is 22.9. The van der Waals surface area contributed by atoms with Gasteiger partial charge in [-0.25, -0.2) is 0 Å². The molecule has 1 aromatic heterocycles. The van der Waals surface area contributed by atoms with Gasteiger partial charge in [0.25, 0.3) is 0 Å². The van der Waals surface area contributed by atoms with Gasteiger partial charge in [-0.3, -0.25) is 4.98 Å². The van der Waals surface area contributed by atoms with Crippen LogP contribution >= 0.6 is 0 Å². The van der Waals surface area contributed by atoms with Crippen LogP contribution in [0.1, 0.15) is 5.56 Å². The largest absolute Gasteiger partial charge is 0.306 e. The monoisotopic (exact) mass is 436 g/mol. The van der Waals surface area contributed by atoms with Crippen molar-refractivity contribution in [3.63, 3.8) is 0 Å². The quantitative estimate of drug-likeness (QED) is 0.283. The van der Waals surface area contributed by atoms with E-state index < -0.39 is 0 Å². The molecule has 4 heteroatoms. The molecule has 0 aliphatic carbocycles. The average molecular weight is 437 g/mol. The van der Waals surface area contributed by atoms with Gasteiger partial charge in [-0.15, -0.1) is 0 Å². The molecule has 0 unspecified atom stereocenters. The third kappa shape index (κ3) is 3.19. The Morgan fingerprint density at radius 1 is 0.529 bits per heavy atom. The number of pyridine rings is 1. The lowest BCUT2D eigenvalue weighted by Crippen LogP contribution is -2.24. The summed E-state index contributed by atoms with van der Waals surface area (Å²) in [6.45, 7) is 0. The van der Waals surface area contributed by atoms with E-state index in [2.05, 4.69) is 112 Å². The number of nitriles is 1. The van der Waals surface area contributed by atoms with Gasteiger partial charge < -0.3 is 9.80 Å². The molecule has 0 spiro atoms. The molecule has 4 nitrogen and oxygen atoms in total. The minimum absolute atomic E-state index is 0.549. The summed E-state index contributed by atoms with van der Waals surface area (Å²) in [4.78, 5) is 9.20. The number of para-hydroxylation sites is 6. The van der Waals surface area contributed by atoms with Crippen LogP contribution in [-0.2, 0) is 0 Å². The topological polar surface area (TPSA) is 43.2 Å². The number of rotatable bonds is 3. The summed E-state index contributed by atoms with van der Waals surface area (Å²) in [5.74, 6) is 0. The highest BCUT2D eigenvalue weighted by atomic mass is 15.3. The number of benzene rings is 4. The summed E-state index contributed by atoms with van der Waals surface area (Å²) < 4.78 is 0. The van der Waals surface area contributed by atoms with E-state index in [0.717, 1.165) is 45.4 Å². The third-order valence-electron chi connectivity index (χ3n) is 6.05. The van der Waals surface area contributed by atoms with Crippen molar-refractivity contribution in [2.75, 3.05) is 9.80 Å². The summed E-state index contributed by atoms with van der Waals surface area (Å²) in [6, 6.07) is 41.6. The molecule has 1 aliphatic rings. The van der Waals surface area contributed by atoms with Gasteiger partial charge in [-0.05, 0) is 54.6 Å². The Morgan fingerprint density at radius 3 is 1.62 bits per heavy atom. The molecule has 4 aromatic carbocycles. The fourth-order valence-corrected chi connectivity index (χ4v) is 4.56. The SMILES string of the molecule is N#Cc1ccc(-c2ccccc2N2c3ccccc3N(c3ccccc3)c3ccccc32)nc1. The van der Waals surface area contributed by atoms with Crippen LogP contribution in [0.5, 0.6) is 0 Å². The van der Waals surface area contributed by atoms with Crippen molar-refractivity contribution >= 4 is 34.1 Å². The molecule has 0 atom stereocenters. The van der Waals surface area contributed by atoms with Gasteiger partial charge in [0.15, 0.2) is 0 Å². The minimum Gasteiger partial charge on any atom is -0.306 e. The van der Waals surface area contributed by atoms with Crippen molar-refractivity contribution < 1.29 is 0 Å². The van der Waals surface area contributed by atoms with E-state index in [4.69, 9.17) is 0 Å². The lowest BCUT2D eigenvalue weighted by atomic mass is 10.0. The molecule has 0 N–H and O–H groups in total. The molecule has 0 fully saturated rings. The first-order valence-electron chi connectivity index (χ1n) is 11.1. The van der Waals surface area contributed by atoms with Crippen LogP contribution in [0.2, 0.25) is 0 Å². The van der Waals surface area contributed by atoms with Crippen LogP contribution in [0, 0.1) is 11.3 Å². The molecule has 0 amide bonds. The molecular weight excluding hydrogens is 416 g/mol. The van der Waals surface area contributed by atoms with Crippen LogP contribution in [0.15, 0.2) is 121 Å². The molecule has 2 heterocycles. The van der Waals surface area contributed by atoms with Crippen LogP contribution in [0.25, 0.3) is 11.3 Å². The fourth-order valence-electron chi connectivity index (χ4n) is 4.56. The van der Waals surface area contributed by atoms with Crippen LogP contribution in [0.3, 0.4) is 0 Å². The molecule has 6 rings (SSSR count). The maximum atomic E-state index is 9.19. The van der Waals surface area contributed by atoms with Crippen molar-refractivity contribution in [3.8, 4) is 17.3 Å². The summed E-state index contributed by atoms with van der Waals surface area (Å²) in [7, 11) is 0. The van der Waals surface area contributed by atoms with E-state index in [1.54, 1.807) is 6.20 Å². The van der Waals surface area contributed by atoms with Gasteiger partial charge in [0.05, 0.1) is 39.7 Å². The second-order valence-electron chi connectivity index (χ2n) is 8.04. The Kier molecular flexibility index (Phi) is 4.79. The van der Waals surface area contributed by atoms with E-state index in [1.165, 1.54) is 0 Å². The highest BCUT2D eigenvalue weighted by molar-refractivity contribution is 6.03. The standard InChI is InChI=1S/C30H20N4/c31-20-22-18-19-25(32-21-22)24-12-4-5-13-26(24)34-29-16-8-6-14-27(29)33(23-10-2-1-3-11-23)28-15-7-9-17-30(28)34/h1-19,21H. The van der Waals surface area contributed by atoms with Gasteiger partial charge in [0, 0.05) is 17.4 Å². The van der Waals surface area contributed by atoms with Gasteiger partial charge in [0.1, 0.15) is 6.07 Å². The van der Waals surface area contributed by atoms with E-state index in [0.29, 0.717) is 5.56 Å². The molecule has 5 aromatic rings. The normalized spacial score (nSPS) is 12.0. The Labute approximate surface area is 198 Å². The van der Waals surface area contributed by atoms with Crippen molar-refractivity contribution in [2.45, 2.75) is 0 Å². The van der Waals surface area contributed by atoms with Crippen LogP contribution in [-0.4, -0.2) is 4.98 Å². The minimum atomic E-state index is 0.549. The first-order chi connectivity index (χ1) is 16.8. The van der Waals surface area contributed by atoms with Crippen LogP contribution < -0.4 is 9.80 Å². The van der Waals surface area contributed by atoms with Crippen LogP contribution in [0.4, 0.5) is 34.1 Å². The molecule has 0 saturated heterocycles. The molecule has 0 saturated carbocycles. The van der Waals surface area contributed by atoms with E-state index in [9.17, 15) is 5.26 Å². The molecular formula is C30H20N4. The van der Waals surface area contributed by atoms with E-state index in [1.807, 2.05) is 24.3 Å². The highest BCUT2D eigenvalue weighted by Crippen LogP contribution is 2.54. The van der Waals surface area contributed by atoms with Gasteiger partial charge >= 0.3 is 0 Å². The molecule has 34 heavy (non-hydrogen) atoms. The summed E-state index contributed by atoms with van der Waals surface area (Å²) >= 11 is 0. The van der Waals surface area contributed by atoms with Gasteiger partial charge in [0.2, 0.25) is 0 Å². The number of nitrogens with zero attached hydrogens (tertiary/aromatic N) is 4. The predicted molar refractivity (Wildman–Crippen MR) is 137 cm³/mol. The van der Waals surface area contributed by atoms with Crippen molar-refractivity contribution in [2.24, 2.45) is 0 Å². The zero-order valence-corrected chi connectivity index (χ0v) is 18.3. The molecule has 160 valence electrons. The van der Waals surface area contributed by atoms with Crippen molar-refractivity contribution in [1.82, 2.24) is 4.98 Å². The first kappa shape index (κ1) is 19.8. The second kappa shape index (κ2) is 8.23. The maximum Gasteiger partial charge on any atom is 0.101 e. The highest BCUT2D eigenvalue weighted by Gasteiger charge is 2.31. The summed E-state index contributed by atoms with van der Waals surface area (Å²) in [6.07, 6.45) is 1.63. The Morgan fingerprint density at radius 2 is 1.06 bits per heavy atom. The lowest BCUT2D eigenvalue weighted by Gasteiger charge is -2.40. The van der Waals surface area contributed by atoms with E-state index >= 15 is 0 Å². The second-order valence-corrected chi connectivity index (χ2v) is 8.04. The third-order valence-corrected chi connectivity index (χ3v) is 6.05. The number of fused-ring (bicyclic) bond motifs is 2. The number of hydrogen-bond donors (Lipinski definition) is 0. The zero-order valence-electron chi connectivity index (χ0n) is 18.3. The Bertz CT molecular complexity index is 1470. The molecule has 0 bridgehead atoms. The summed E-state index contributed by atoms with van der Waals surface area (Å²) in [5.41, 5.74) is 8.92. The fraction of sp³-hybridized carbons (Fsp3) is 0. The van der Waals surface area contributed by atoms with E-state index in [-0.39, 0.29) is 0 Å². The Balaban J connectivity index is 1.59. The predicted octanol–water partition coefficient (Wildman–Crippen LogP) is 7.87. The van der Waals surface area contributed by atoms with Crippen molar-refractivity contribution in [1.29, 1.82) is 5.26 Å². The average Bonchev–Trinajstić information content (AvgIpc) is 2.92. The number of hydrogen-bond acceptors (Lipinski definition) is 4. The summed E-state index contributed by atoms with van der Waals surface area (Å²) in [5, 5.41) is 9.19. The first-order valence-corrected chi connectivity index (χ1v) is 11.1. The lowest BCUT2D eigenvalue weighted by molar-refractivity contribution is 1.17. The number of anilines is 6. The smallest absolute Gasteiger partial charge is 0.101 e. The van der Waals surface area contributed by atoms with Crippen molar-refractivity contribution in [3.05, 3.63) is 127 Å². The molecule has 1 aliphatic heterocycles. The molecule has 0 radical (unpaired) electrons. The maximum absolute atomic E-state index is 9.19. The Hall–Kier alpha value is -4.88. The number of aromatic nitrogens is 1. The van der Waals surface area contributed by atoms with Gasteiger partial charge in [-0.2, -0.15) is 5.26 Å².